The van der Waals surface area contributed by atoms with Crippen molar-refractivity contribution in [2.75, 3.05) is 31.5 Å². The molecule has 2 aromatic heterocycles. The van der Waals surface area contributed by atoms with Gasteiger partial charge in [-0.1, -0.05) is 11.6 Å². The normalized spacial score (nSPS) is 19.0. The molecular weight excluding hydrogens is 474 g/mol. The largest absolute Gasteiger partial charge is 0.360 e. The fourth-order valence-corrected chi connectivity index (χ4v) is 7.85. The first-order chi connectivity index (χ1) is 16.2. The number of anilines is 1. The van der Waals surface area contributed by atoms with Gasteiger partial charge in [0, 0.05) is 31.1 Å². The van der Waals surface area contributed by atoms with E-state index < -0.39 is 16.1 Å². The molecule has 0 unspecified atom stereocenters. The number of nitriles is 1. The third kappa shape index (κ3) is 4.77. The summed E-state index contributed by atoms with van der Waals surface area (Å²) in [4.78, 5) is 16.5. The number of fused-ring (bicyclic) bond motifs is 1. The maximum Gasteiger partial charge on any atom is 0.248 e. The molecule has 11 heteroatoms. The molecule has 0 saturated carbocycles. The van der Waals surface area contributed by atoms with E-state index in [0.29, 0.717) is 42.3 Å². The Hall–Kier alpha value is -2.26. The van der Waals surface area contributed by atoms with E-state index in [9.17, 15) is 18.5 Å². The molecule has 34 heavy (non-hydrogen) atoms. The number of carbonyl (C=O) groups excluding carboxylic acids is 1. The van der Waals surface area contributed by atoms with E-state index in [-0.39, 0.29) is 23.1 Å². The Labute approximate surface area is 204 Å². The number of aromatic nitrogens is 1. The number of rotatable bonds is 5. The molecule has 0 radical (unpaired) electrons. The summed E-state index contributed by atoms with van der Waals surface area (Å²) < 4.78 is 32.9. The molecule has 4 rings (SSSR count). The number of hydrogen-bond donors (Lipinski definition) is 1. The van der Waals surface area contributed by atoms with Crippen molar-refractivity contribution >= 4 is 32.3 Å². The second kappa shape index (κ2) is 10.2. The smallest absolute Gasteiger partial charge is 0.248 e. The van der Waals surface area contributed by atoms with Crippen molar-refractivity contribution in [3.8, 4) is 6.07 Å². The monoisotopic (exact) mass is 505 g/mol. The highest BCUT2D eigenvalue weighted by atomic mass is 32.2. The van der Waals surface area contributed by atoms with Crippen LogP contribution in [0.1, 0.15) is 60.1 Å². The van der Waals surface area contributed by atoms with Crippen LogP contribution in [0, 0.1) is 25.2 Å². The van der Waals surface area contributed by atoms with E-state index in [2.05, 4.69) is 16.5 Å². The second-order valence-electron chi connectivity index (χ2n) is 8.99. The van der Waals surface area contributed by atoms with Gasteiger partial charge in [0.25, 0.3) is 0 Å². The molecule has 0 spiro atoms. The molecule has 1 saturated heterocycles. The van der Waals surface area contributed by atoms with Crippen molar-refractivity contribution in [2.24, 2.45) is 0 Å². The predicted molar refractivity (Wildman–Crippen MR) is 129 cm³/mol. The molecule has 1 aliphatic heterocycles. The summed E-state index contributed by atoms with van der Waals surface area (Å²) in [5.41, 5.74) is 2.06. The van der Waals surface area contributed by atoms with Crippen LogP contribution in [0.4, 0.5) is 5.00 Å². The number of aryl methyl sites for hydroxylation is 3. The lowest BCUT2D eigenvalue weighted by molar-refractivity contribution is -0.120. The first-order valence-electron chi connectivity index (χ1n) is 11.8. The van der Waals surface area contributed by atoms with Crippen molar-refractivity contribution in [1.29, 1.82) is 5.26 Å². The zero-order valence-corrected chi connectivity index (χ0v) is 21.5. The van der Waals surface area contributed by atoms with Crippen LogP contribution in [0.25, 0.3) is 0 Å². The molecule has 2 aliphatic rings. The van der Waals surface area contributed by atoms with E-state index in [1.807, 2.05) is 11.8 Å². The third-order valence-corrected chi connectivity index (χ3v) is 10.1. The lowest BCUT2D eigenvalue weighted by Crippen LogP contribution is -2.44. The molecule has 1 atom stereocenters. The average molecular weight is 506 g/mol. The van der Waals surface area contributed by atoms with Crippen LogP contribution < -0.4 is 5.32 Å². The van der Waals surface area contributed by atoms with Crippen molar-refractivity contribution in [3.05, 3.63) is 27.5 Å². The minimum atomic E-state index is -3.72. The number of hydrogen-bond acceptors (Lipinski definition) is 8. The number of sulfonamides is 1. The van der Waals surface area contributed by atoms with Crippen molar-refractivity contribution < 1.29 is 17.7 Å². The summed E-state index contributed by atoms with van der Waals surface area (Å²) in [6.45, 7) is 6.74. The lowest BCUT2D eigenvalue weighted by Gasteiger charge is -2.26. The van der Waals surface area contributed by atoms with Crippen molar-refractivity contribution in [2.45, 2.75) is 70.2 Å². The van der Waals surface area contributed by atoms with Crippen LogP contribution in [0.3, 0.4) is 0 Å². The fraction of sp³-hybridized carbons (Fsp3) is 0.609. The summed E-state index contributed by atoms with van der Waals surface area (Å²) >= 11 is 1.53. The molecule has 1 aliphatic carbocycles. The standard InChI is InChI=1S/C23H31N5O4S2/c1-15-21(17(3)32-26-15)34(30,31)28-11-7-10-27(12-13-28)16(2)22(29)25-23-19(14-24)18-8-5-4-6-9-20(18)33-23/h16H,4-13H2,1-3H3,(H,25,29)/t16-/m0/s1. The van der Waals surface area contributed by atoms with Gasteiger partial charge in [-0.15, -0.1) is 11.3 Å². The van der Waals surface area contributed by atoms with Crippen LogP contribution in [0.2, 0.25) is 0 Å². The van der Waals surface area contributed by atoms with E-state index >= 15 is 0 Å². The molecule has 0 aromatic carbocycles. The second-order valence-corrected chi connectivity index (χ2v) is 12.0. The Kier molecular flexibility index (Phi) is 7.42. The van der Waals surface area contributed by atoms with E-state index in [1.165, 1.54) is 26.9 Å². The highest BCUT2D eigenvalue weighted by Gasteiger charge is 2.34. The van der Waals surface area contributed by atoms with Crippen LogP contribution >= 0.6 is 11.3 Å². The zero-order chi connectivity index (χ0) is 24.5. The molecule has 3 heterocycles. The Morgan fingerprint density at radius 2 is 1.91 bits per heavy atom. The van der Waals surface area contributed by atoms with Gasteiger partial charge in [-0.3, -0.25) is 9.69 Å². The van der Waals surface area contributed by atoms with Gasteiger partial charge in [-0.25, -0.2) is 8.42 Å². The van der Waals surface area contributed by atoms with Gasteiger partial charge in [0.15, 0.2) is 5.76 Å². The Morgan fingerprint density at radius 1 is 1.15 bits per heavy atom. The first kappa shape index (κ1) is 24.9. The minimum absolute atomic E-state index is 0.133. The van der Waals surface area contributed by atoms with Crippen LogP contribution in [-0.4, -0.2) is 60.9 Å². The molecule has 1 amide bonds. The first-order valence-corrected chi connectivity index (χ1v) is 14.0. The summed E-state index contributed by atoms with van der Waals surface area (Å²) in [6, 6.07) is 1.86. The van der Waals surface area contributed by atoms with Crippen LogP contribution in [-0.2, 0) is 27.7 Å². The number of nitrogens with one attached hydrogen (secondary N) is 1. The summed E-state index contributed by atoms with van der Waals surface area (Å²) in [5.74, 6) is 0.115. The molecule has 1 fully saturated rings. The Bertz CT molecular complexity index is 1190. The number of nitrogens with zero attached hydrogens (tertiary/aromatic N) is 4. The Morgan fingerprint density at radius 3 is 2.62 bits per heavy atom. The highest BCUT2D eigenvalue weighted by Crippen LogP contribution is 2.37. The van der Waals surface area contributed by atoms with E-state index in [0.717, 1.165) is 31.2 Å². The third-order valence-electron chi connectivity index (χ3n) is 6.75. The topological polar surface area (TPSA) is 120 Å². The van der Waals surface area contributed by atoms with Gasteiger partial charge in [-0.2, -0.15) is 9.57 Å². The van der Waals surface area contributed by atoms with Crippen molar-refractivity contribution in [3.63, 3.8) is 0 Å². The van der Waals surface area contributed by atoms with Gasteiger partial charge in [0.1, 0.15) is 21.7 Å². The maximum atomic E-state index is 13.2. The quantitative estimate of drug-likeness (QED) is 0.620. The molecule has 184 valence electrons. The summed E-state index contributed by atoms with van der Waals surface area (Å²) in [5, 5.41) is 17.2. The summed E-state index contributed by atoms with van der Waals surface area (Å²) in [7, 11) is -3.72. The van der Waals surface area contributed by atoms with Gasteiger partial charge in [0.05, 0.1) is 11.6 Å². The summed E-state index contributed by atoms with van der Waals surface area (Å²) in [6.07, 6.45) is 5.82. The average Bonchev–Trinajstić information content (AvgIpc) is 3.08. The van der Waals surface area contributed by atoms with E-state index in [4.69, 9.17) is 4.52 Å². The molecule has 0 bridgehead atoms. The molecule has 1 N–H and O–H groups in total. The SMILES string of the molecule is Cc1noc(C)c1S(=O)(=O)N1CCCN([C@@H](C)C(=O)Nc2sc3c(c2C#N)CCCCC3)CC1. The predicted octanol–water partition coefficient (Wildman–Crippen LogP) is 3.22. The van der Waals surface area contributed by atoms with Crippen LogP contribution in [0.5, 0.6) is 0 Å². The molecular formula is C23H31N5O4S2. The van der Waals surface area contributed by atoms with Gasteiger partial charge in [-0.05, 0) is 58.4 Å². The van der Waals surface area contributed by atoms with Gasteiger partial charge >= 0.3 is 0 Å². The molecule has 2 aromatic rings. The van der Waals surface area contributed by atoms with Crippen LogP contribution in [0.15, 0.2) is 9.42 Å². The van der Waals surface area contributed by atoms with E-state index in [1.54, 1.807) is 13.8 Å². The maximum absolute atomic E-state index is 13.2. The van der Waals surface area contributed by atoms with Crippen molar-refractivity contribution in [1.82, 2.24) is 14.4 Å². The minimum Gasteiger partial charge on any atom is -0.360 e. The van der Waals surface area contributed by atoms with Gasteiger partial charge in [0.2, 0.25) is 15.9 Å². The zero-order valence-electron chi connectivity index (χ0n) is 19.9. The lowest BCUT2D eigenvalue weighted by atomic mass is 10.1. The highest BCUT2D eigenvalue weighted by molar-refractivity contribution is 7.89. The van der Waals surface area contributed by atoms with Gasteiger partial charge < -0.3 is 9.84 Å². The molecule has 9 nitrogen and oxygen atoms in total. The Balaban J connectivity index is 1.44. The number of amides is 1. The fourth-order valence-electron chi connectivity index (χ4n) is 4.84. The number of thiophene rings is 1. The number of carbonyl (C=O) groups is 1.